The van der Waals surface area contributed by atoms with Gasteiger partial charge in [-0.2, -0.15) is 4.58 Å². The minimum atomic E-state index is -4.61. The van der Waals surface area contributed by atoms with Gasteiger partial charge in [0.15, 0.2) is 11.8 Å². The Morgan fingerprint density at radius 2 is 1.05 bits per heavy atom. The van der Waals surface area contributed by atoms with E-state index in [1.54, 1.807) is 0 Å². The highest BCUT2D eigenvalue weighted by molar-refractivity contribution is 7.47. The first kappa shape index (κ1) is 80.0. The number of ether oxygens (including phenoxy) is 2. The van der Waals surface area contributed by atoms with Crippen molar-refractivity contribution in [1.29, 1.82) is 0 Å². The van der Waals surface area contributed by atoms with E-state index in [1.807, 2.05) is 0 Å². The van der Waals surface area contributed by atoms with Gasteiger partial charge in [-0.05, 0) is 57.2 Å². The van der Waals surface area contributed by atoms with E-state index in [2.05, 4.69) is 142 Å². The number of nitrogens with zero attached hydrogens (tertiary/aromatic N) is 2. The summed E-state index contributed by atoms with van der Waals surface area (Å²) < 4.78 is 37.0. The zero-order valence-corrected chi connectivity index (χ0v) is 57.9. The molecular formula is C73H122ClN4O9P. The van der Waals surface area contributed by atoms with Gasteiger partial charge in [-0.3, -0.25) is 23.4 Å². The number of para-hydroxylation sites is 2. The van der Waals surface area contributed by atoms with E-state index < -0.39 is 32.5 Å². The van der Waals surface area contributed by atoms with Crippen molar-refractivity contribution < 1.29 is 59.3 Å². The quantitative estimate of drug-likeness (QED) is 0.0189. The zero-order valence-electron chi connectivity index (χ0n) is 56.2. The van der Waals surface area contributed by atoms with Gasteiger partial charge in [-0.15, -0.1) is 0 Å². The molecule has 1 unspecified atom stereocenters. The number of carbonyl (C=O) groups is 3. The summed E-state index contributed by atoms with van der Waals surface area (Å²) in [7, 11) is -2.47. The van der Waals surface area contributed by atoms with Gasteiger partial charge in [0.1, 0.15) is 13.7 Å². The van der Waals surface area contributed by atoms with Crippen molar-refractivity contribution in [3.05, 3.63) is 95.7 Å². The molecule has 88 heavy (non-hydrogen) atoms. The number of carbonyl (C=O) groups excluding carboxylic acids is 3. The molecule has 5 N–H and O–H groups in total. The number of allylic oxidation sites excluding steroid dienone is 6. The number of benzene rings is 2. The van der Waals surface area contributed by atoms with Gasteiger partial charge in [0.25, 0.3) is 0 Å². The Balaban J connectivity index is 0.0000132. The molecule has 2 aromatic rings. The van der Waals surface area contributed by atoms with Crippen molar-refractivity contribution >= 4 is 42.8 Å². The molecule has 0 saturated heterocycles. The Kier molecular flexibility index (Phi) is 42.6. The molecule has 4 rings (SSSR count). The smallest absolute Gasteiger partial charge is 0.472 e. The van der Waals surface area contributed by atoms with Crippen molar-refractivity contribution in [3.63, 3.8) is 0 Å². The summed E-state index contributed by atoms with van der Waals surface area (Å²) in [4.78, 5) is 51.7. The van der Waals surface area contributed by atoms with Crippen LogP contribution < -0.4 is 28.8 Å². The lowest BCUT2D eigenvalue weighted by molar-refractivity contribution is -0.401. The summed E-state index contributed by atoms with van der Waals surface area (Å²) in [5.41, 5.74) is 7.32. The van der Waals surface area contributed by atoms with E-state index in [9.17, 15) is 23.8 Å². The molecule has 1 amide bonds. The van der Waals surface area contributed by atoms with Gasteiger partial charge < -0.3 is 43.1 Å². The highest BCUT2D eigenvalue weighted by atomic mass is 35.5. The maximum absolute atomic E-state index is 13.0. The lowest BCUT2D eigenvalue weighted by Crippen LogP contribution is -3.00. The molecule has 0 radical (unpaired) electrons. The number of hydrogen-bond acceptors (Lipinski definition) is 10. The molecule has 15 heteroatoms. The lowest BCUT2D eigenvalue weighted by atomic mass is 9.81. The van der Waals surface area contributed by atoms with Gasteiger partial charge in [0.05, 0.1) is 18.6 Å². The van der Waals surface area contributed by atoms with Crippen LogP contribution in [-0.4, -0.2) is 79.1 Å². The summed E-state index contributed by atoms with van der Waals surface area (Å²) >= 11 is 0. The van der Waals surface area contributed by atoms with Crippen LogP contribution in [0.15, 0.2) is 84.6 Å². The van der Waals surface area contributed by atoms with Gasteiger partial charge in [0, 0.05) is 66.9 Å². The second-order valence-corrected chi connectivity index (χ2v) is 27.1. The molecule has 0 aliphatic carbocycles. The Bertz CT molecular complexity index is 2420. The van der Waals surface area contributed by atoms with E-state index in [1.165, 1.54) is 175 Å². The van der Waals surface area contributed by atoms with Crippen molar-refractivity contribution in [2.24, 2.45) is 0 Å². The van der Waals surface area contributed by atoms with E-state index >= 15 is 0 Å². The van der Waals surface area contributed by atoms with Crippen LogP contribution in [0.3, 0.4) is 0 Å². The first-order chi connectivity index (χ1) is 41.6. The topological polar surface area (TPSA) is 179 Å². The van der Waals surface area contributed by atoms with E-state index in [0.29, 0.717) is 25.7 Å². The molecule has 500 valence electrons. The monoisotopic (exact) mass is 1260 g/mol. The normalized spacial score (nSPS) is 15.5. The molecule has 2 aliphatic heterocycles. The third-order valence-electron chi connectivity index (χ3n) is 17.6. The van der Waals surface area contributed by atoms with Crippen molar-refractivity contribution in [2.75, 3.05) is 44.9 Å². The second kappa shape index (κ2) is 46.9. The average molecular weight is 1270 g/mol. The largest absolute Gasteiger partial charge is 1.00 e. The Labute approximate surface area is 541 Å². The number of fused-ring (bicyclic) bond motifs is 2. The van der Waals surface area contributed by atoms with E-state index in [4.69, 9.17) is 18.5 Å². The van der Waals surface area contributed by atoms with Gasteiger partial charge in [-0.25, -0.2) is 4.57 Å². The molecule has 2 aliphatic rings. The number of phosphoric ester groups is 1. The van der Waals surface area contributed by atoms with Gasteiger partial charge >= 0.3 is 19.8 Å². The predicted molar refractivity (Wildman–Crippen MR) is 362 cm³/mol. The fourth-order valence-corrected chi connectivity index (χ4v) is 13.1. The maximum Gasteiger partial charge on any atom is 0.472 e. The number of esters is 2. The maximum atomic E-state index is 13.0. The molecule has 2 aromatic carbocycles. The van der Waals surface area contributed by atoms with Crippen LogP contribution in [0.5, 0.6) is 0 Å². The summed E-state index contributed by atoms with van der Waals surface area (Å²) in [6.45, 7) is 13.4. The van der Waals surface area contributed by atoms with Crippen LogP contribution in [0, 0.1) is 0 Å². The predicted octanol–water partition coefficient (Wildman–Crippen LogP) is 16.4. The van der Waals surface area contributed by atoms with Gasteiger partial charge in [0.2, 0.25) is 11.6 Å². The van der Waals surface area contributed by atoms with Crippen LogP contribution in [0.2, 0.25) is 0 Å². The Morgan fingerprint density at radius 3 is 1.58 bits per heavy atom. The molecule has 0 aromatic heterocycles. The molecule has 0 fully saturated rings. The molecule has 2 atom stereocenters. The number of rotatable bonds is 51. The third-order valence-corrected chi connectivity index (χ3v) is 18.5. The molecule has 2 heterocycles. The number of anilines is 1. The van der Waals surface area contributed by atoms with Crippen LogP contribution in [0.25, 0.3) is 0 Å². The number of amides is 1. The summed E-state index contributed by atoms with van der Waals surface area (Å²) in [5.74, 6) is -1.04. The first-order valence-corrected chi connectivity index (χ1v) is 36.0. The SMILES string of the molecule is CCCCCCCCCCCCCCCCCC(=O)OC[C@H](COP(=O)(O)OCCNC(=O)CCCCCN1/C(=C/C=C/C=C/C2=[N+](C)c3ccccc3C2(C)C)C(C)(C)c2ccccc21)OC(=O)CCCCCCCCCCCCCCCCC.N.[Cl-]. The van der Waals surface area contributed by atoms with Crippen molar-refractivity contribution in [2.45, 2.75) is 290 Å². The van der Waals surface area contributed by atoms with Crippen molar-refractivity contribution in [3.8, 4) is 0 Å². The number of hydrogen-bond donors (Lipinski definition) is 3. The summed E-state index contributed by atoms with van der Waals surface area (Å²) in [6, 6.07) is 17.2. The molecule has 0 spiro atoms. The average Bonchev–Trinajstić information content (AvgIpc) is 2.41. The zero-order chi connectivity index (χ0) is 62.1. The molecule has 13 nitrogen and oxygen atoms in total. The van der Waals surface area contributed by atoms with Crippen molar-refractivity contribution in [1.82, 2.24) is 11.5 Å². The van der Waals surface area contributed by atoms with E-state index in [0.717, 1.165) is 57.9 Å². The van der Waals surface area contributed by atoms with Gasteiger partial charge in [-0.1, -0.05) is 269 Å². The number of nitrogens with one attached hydrogen (secondary N) is 1. The first-order valence-electron chi connectivity index (χ1n) is 34.5. The number of unbranched alkanes of at least 4 members (excludes halogenated alkanes) is 30. The molecule has 0 bridgehead atoms. The van der Waals surface area contributed by atoms with Crippen LogP contribution in [-0.2, 0) is 48.3 Å². The number of phosphoric acid groups is 1. The highest BCUT2D eigenvalue weighted by Crippen LogP contribution is 2.48. The molecular weight excluding hydrogens is 1140 g/mol. The van der Waals surface area contributed by atoms with Crippen LogP contribution in [0.1, 0.15) is 284 Å². The van der Waals surface area contributed by atoms with E-state index in [-0.39, 0.29) is 67.9 Å². The van der Waals surface area contributed by atoms with Crippen LogP contribution in [0.4, 0.5) is 11.4 Å². The standard InChI is InChI=1S/C73H118N3O9P.ClH.H3N/c1-8-10-12-14-16-18-20-22-24-26-28-30-32-34-41-55-70(78)82-60-62(85-71(79)56-42-35-33-31-29-27-25-23-21-19-17-15-13-11-9-2)61-84-86(80,81)83-59-57-74-69(77)54-40-37-47-58-76-66-51-46-44-49-64(66)73(5,6)68(76)53-39-36-38-52-67-72(3,4)63-48-43-45-50-65(63)75(67)7;;/h36,38-39,43-46,48-53,62H,8-35,37,40-42,47,54-61H2,1-7H3,(H-,74,77,80,81);1H;1H3/t62-;;/m1../s1. The summed E-state index contributed by atoms with van der Waals surface area (Å²) in [5, 5.41) is 2.79. The fraction of sp³-hybridized carbons (Fsp3) is 0.699. The molecule has 0 saturated carbocycles. The summed E-state index contributed by atoms with van der Waals surface area (Å²) in [6.07, 6.45) is 49.7. The minimum absolute atomic E-state index is 0. The Hall–Kier alpha value is -4.10. The minimum Gasteiger partial charge on any atom is -1.00 e. The highest BCUT2D eigenvalue weighted by Gasteiger charge is 2.43. The Morgan fingerprint density at radius 1 is 0.580 bits per heavy atom. The number of halogens is 1. The van der Waals surface area contributed by atoms with Crippen LogP contribution >= 0.6 is 7.82 Å². The fourth-order valence-electron chi connectivity index (χ4n) is 12.3. The third kappa shape index (κ3) is 31.3. The second-order valence-electron chi connectivity index (χ2n) is 25.6. The lowest BCUT2D eigenvalue weighted by Gasteiger charge is -2.27.